The molecule has 5 amide bonds. The van der Waals surface area contributed by atoms with Crippen molar-refractivity contribution in [2.24, 2.45) is 5.73 Å². The molecule has 1 aromatic carbocycles. The second-order valence-electron chi connectivity index (χ2n) is 14.0. The number of carbonyl (C=O) groups is 6. The number of rotatable bonds is 8. The number of primary amides is 1. The third-order valence-corrected chi connectivity index (χ3v) is 7.52. The number of nitrogens with one attached hydrogen (secondary N) is 1. The standard InChI is InChI=1S/C36H40N8O10/c1-20(45)52-27(28-32(48)42(18-19-51-28)25-13-17-43(41-25)21-10-14-38-15-11-21)31(47)40-24-9-8-23-22(26(24)29(37)46)12-16-39-30(23)44(33(49)53-35(2,3)4)34(50)54-36(5,6)7/h8-17,27-28H,18-19H2,1-7H3,(H2,37,46)(H,40,47). The minimum Gasteiger partial charge on any atom is -0.449 e. The van der Waals surface area contributed by atoms with E-state index in [0.717, 1.165) is 6.92 Å². The Morgan fingerprint density at radius 1 is 0.926 bits per heavy atom. The second kappa shape index (κ2) is 15.3. The number of pyridine rings is 2. The van der Waals surface area contributed by atoms with Crippen LogP contribution in [0, 0.1) is 0 Å². The maximum Gasteiger partial charge on any atom is 0.425 e. The molecule has 1 aliphatic heterocycles. The summed E-state index contributed by atoms with van der Waals surface area (Å²) in [5.74, 6) is -3.63. The molecular weight excluding hydrogens is 704 g/mol. The number of imide groups is 1. The van der Waals surface area contributed by atoms with Crippen LogP contribution in [-0.2, 0) is 33.3 Å². The van der Waals surface area contributed by atoms with Gasteiger partial charge in [-0.05, 0) is 71.9 Å². The van der Waals surface area contributed by atoms with Crippen LogP contribution in [0.25, 0.3) is 16.5 Å². The SMILES string of the molecule is CC(=O)OC(C(=O)Nc1ccc2c(N(C(=O)OC(C)(C)C)C(=O)OC(C)(C)C)nccc2c1C(N)=O)C1OCCN(c2ccn(-c3ccncc3)n2)C1=O. The molecular formula is C36H40N8O10. The highest BCUT2D eigenvalue weighted by molar-refractivity contribution is 6.19. The number of carbonyl (C=O) groups excluding carboxylic acids is 6. The predicted molar refractivity (Wildman–Crippen MR) is 193 cm³/mol. The number of ether oxygens (including phenoxy) is 4. The first-order valence-electron chi connectivity index (χ1n) is 16.7. The Morgan fingerprint density at radius 3 is 2.17 bits per heavy atom. The molecule has 3 aromatic heterocycles. The molecule has 1 saturated heterocycles. The predicted octanol–water partition coefficient (Wildman–Crippen LogP) is 3.89. The fourth-order valence-corrected chi connectivity index (χ4v) is 5.43. The molecule has 0 aliphatic carbocycles. The first-order chi connectivity index (χ1) is 25.3. The quantitative estimate of drug-likeness (QED) is 0.193. The molecule has 18 nitrogen and oxygen atoms in total. The number of nitrogens with zero attached hydrogens (tertiary/aromatic N) is 6. The molecule has 0 saturated carbocycles. The van der Waals surface area contributed by atoms with Gasteiger partial charge in [0, 0.05) is 48.5 Å². The fraction of sp³-hybridized carbons (Fsp3) is 0.361. The molecule has 1 aliphatic rings. The zero-order valence-electron chi connectivity index (χ0n) is 30.7. The largest absolute Gasteiger partial charge is 0.449 e. The Bertz CT molecular complexity index is 2080. The average molecular weight is 745 g/mol. The highest BCUT2D eigenvalue weighted by Gasteiger charge is 2.43. The lowest BCUT2D eigenvalue weighted by Crippen LogP contribution is -2.56. The smallest absolute Gasteiger partial charge is 0.425 e. The van der Waals surface area contributed by atoms with E-state index in [1.807, 2.05) is 0 Å². The first-order valence-corrected chi connectivity index (χ1v) is 16.7. The number of benzene rings is 1. The molecule has 4 heterocycles. The van der Waals surface area contributed by atoms with Crippen LogP contribution in [0.15, 0.2) is 61.2 Å². The van der Waals surface area contributed by atoms with Crippen LogP contribution in [0.2, 0.25) is 0 Å². The van der Waals surface area contributed by atoms with E-state index in [-0.39, 0.29) is 46.8 Å². The van der Waals surface area contributed by atoms with Gasteiger partial charge in [-0.25, -0.2) is 19.3 Å². The molecule has 2 unspecified atom stereocenters. The number of hydrogen-bond donors (Lipinski definition) is 2. The molecule has 54 heavy (non-hydrogen) atoms. The summed E-state index contributed by atoms with van der Waals surface area (Å²) in [4.78, 5) is 89.9. The Morgan fingerprint density at radius 2 is 1.57 bits per heavy atom. The number of anilines is 3. The van der Waals surface area contributed by atoms with Crippen LogP contribution >= 0.6 is 0 Å². The summed E-state index contributed by atoms with van der Waals surface area (Å²) in [6.07, 6.45) is 0.420. The topological polar surface area (TPSA) is 227 Å². The van der Waals surface area contributed by atoms with Crippen LogP contribution < -0.4 is 20.9 Å². The highest BCUT2D eigenvalue weighted by Crippen LogP contribution is 2.33. The van der Waals surface area contributed by atoms with Crippen molar-refractivity contribution < 1.29 is 47.7 Å². The van der Waals surface area contributed by atoms with Crippen LogP contribution in [-0.4, -0.2) is 92.2 Å². The van der Waals surface area contributed by atoms with E-state index >= 15 is 0 Å². The molecule has 1 fully saturated rings. The maximum absolute atomic E-state index is 13.9. The van der Waals surface area contributed by atoms with Crippen molar-refractivity contribution in [3.63, 3.8) is 0 Å². The summed E-state index contributed by atoms with van der Waals surface area (Å²) in [6.45, 7) is 10.8. The van der Waals surface area contributed by atoms with Gasteiger partial charge in [0.2, 0.25) is 6.10 Å². The third kappa shape index (κ3) is 8.77. The van der Waals surface area contributed by atoms with Gasteiger partial charge in [-0.3, -0.25) is 29.1 Å². The number of esters is 1. The lowest BCUT2D eigenvalue weighted by molar-refractivity contribution is -0.167. The summed E-state index contributed by atoms with van der Waals surface area (Å²) < 4.78 is 23.5. The summed E-state index contributed by atoms with van der Waals surface area (Å²) >= 11 is 0. The van der Waals surface area contributed by atoms with Gasteiger partial charge in [0.1, 0.15) is 11.2 Å². The molecule has 3 N–H and O–H groups in total. The van der Waals surface area contributed by atoms with Crippen molar-refractivity contribution in [3.05, 3.63) is 66.7 Å². The Balaban J connectivity index is 1.49. The van der Waals surface area contributed by atoms with Crippen LogP contribution in [0.5, 0.6) is 0 Å². The Labute approximate surface area is 309 Å². The molecule has 18 heteroatoms. The van der Waals surface area contributed by atoms with E-state index in [9.17, 15) is 28.8 Å². The second-order valence-corrected chi connectivity index (χ2v) is 14.0. The van der Waals surface area contributed by atoms with E-state index in [2.05, 4.69) is 20.4 Å². The Hall–Kier alpha value is -6.43. The van der Waals surface area contributed by atoms with E-state index in [4.69, 9.17) is 24.7 Å². The zero-order valence-corrected chi connectivity index (χ0v) is 30.7. The van der Waals surface area contributed by atoms with E-state index < -0.39 is 59.3 Å². The van der Waals surface area contributed by atoms with Crippen molar-refractivity contribution in [3.8, 4) is 5.69 Å². The zero-order chi connectivity index (χ0) is 39.5. The lowest BCUT2D eigenvalue weighted by Gasteiger charge is -2.34. The molecule has 0 spiro atoms. The fourth-order valence-electron chi connectivity index (χ4n) is 5.43. The minimum absolute atomic E-state index is 0.0341. The van der Waals surface area contributed by atoms with Gasteiger partial charge in [0.05, 0.1) is 30.1 Å². The summed E-state index contributed by atoms with van der Waals surface area (Å²) in [5.41, 5.74) is 4.09. The number of nitrogens with two attached hydrogens (primary N) is 1. The number of hydrogen-bond acceptors (Lipinski definition) is 13. The monoisotopic (exact) mass is 744 g/mol. The summed E-state index contributed by atoms with van der Waals surface area (Å²) in [7, 11) is 0. The molecule has 4 aromatic rings. The average Bonchev–Trinajstić information content (AvgIpc) is 3.56. The molecule has 0 radical (unpaired) electrons. The van der Waals surface area contributed by atoms with Crippen LogP contribution in [0.1, 0.15) is 58.8 Å². The molecule has 284 valence electrons. The highest BCUT2D eigenvalue weighted by atomic mass is 16.6. The van der Waals surface area contributed by atoms with Gasteiger partial charge >= 0.3 is 18.2 Å². The molecule has 0 bridgehead atoms. The molecule has 2 atom stereocenters. The third-order valence-electron chi connectivity index (χ3n) is 7.52. The first kappa shape index (κ1) is 38.8. The van der Waals surface area contributed by atoms with Gasteiger partial charge < -0.3 is 30.0 Å². The van der Waals surface area contributed by atoms with Gasteiger partial charge in [0.25, 0.3) is 17.7 Å². The van der Waals surface area contributed by atoms with Crippen molar-refractivity contribution in [1.82, 2.24) is 19.7 Å². The normalized spacial score (nSPS) is 15.3. The van der Waals surface area contributed by atoms with Crippen LogP contribution in [0.4, 0.5) is 26.9 Å². The van der Waals surface area contributed by atoms with E-state index in [1.54, 1.807) is 78.3 Å². The Kier molecular flexibility index (Phi) is 11.0. The number of morpholine rings is 1. The van der Waals surface area contributed by atoms with Gasteiger partial charge in [-0.15, -0.1) is 5.10 Å². The van der Waals surface area contributed by atoms with Gasteiger partial charge in [-0.1, -0.05) is 0 Å². The summed E-state index contributed by atoms with van der Waals surface area (Å²) in [5, 5.41) is 7.17. The van der Waals surface area contributed by atoms with E-state index in [1.165, 1.54) is 34.0 Å². The van der Waals surface area contributed by atoms with Gasteiger partial charge in [0.15, 0.2) is 17.7 Å². The summed E-state index contributed by atoms with van der Waals surface area (Å²) in [6, 6.07) is 9.10. The van der Waals surface area contributed by atoms with Gasteiger partial charge in [-0.2, -0.15) is 4.90 Å². The number of fused-ring (bicyclic) bond motifs is 1. The van der Waals surface area contributed by atoms with Crippen LogP contribution in [0.3, 0.4) is 0 Å². The molecule has 5 rings (SSSR count). The lowest BCUT2D eigenvalue weighted by atomic mass is 10.0. The maximum atomic E-state index is 13.9. The van der Waals surface area contributed by atoms with E-state index in [0.29, 0.717) is 10.6 Å². The number of amides is 5. The van der Waals surface area contributed by atoms with Crippen molar-refractivity contribution in [1.29, 1.82) is 0 Å². The minimum atomic E-state index is -1.82. The van der Waals surface area contributed by atoms with Crippen molar-refractivity contribution in [2.75, 3.05) is 28.3 Å². The number of aromatic nitrogens is 4. The van der Waals surface area contributed by atoms with Crippen molar-refractivity contribution in [2.45, 2.75) is 71.9 Å². The van der Waals surface area contributed by atoms with Crippen molar-refractivity contribution >= 4 is 64.0 Å².